The normalized spacial score (nSPS) is 11.0. The molecule has 4 nitrogen and oxygen atoms in total. The predicted molar refractivity (Wildman–Crippen MR) is 90.5 cm³/mol. The molecule has 0 aliphatic heterocycles. The van der Waals surface area contributed by atoms with Crippen molar-refractivity contribution < 1.29 is 9.84 Å². The molecule has 0 fully saturated rings. The Morgan fingerprint density at radius 2 is 2.10 bits per heavy atom. The lowest BCUT2D eigenvalue weighted by atomic mass is 10.1. The van der Waals surface area contributed by atoms with Crippen LogP contribution in [-0.2, 0) is 0 Å². The summed E-state index contributed by atoms with van der Waals surface area (Å²) in [7, 11) is 0. The lowest BCUT2D eigenvalue weighted by molar-refractivity contribution is 0.233. The van der Waals surface area contributed by atoms with Gasteiger partial charge in [0.2, 0.25) is 0 Å². The minimum absolute atomic E-state index is 0.144. The van der Waals surface area contributed by atoms with Crippen LogP contribution in [0.5, 0.6) is 5.75 Å². The van der Waals surface area contributed by atoms with E-state index in [0.717, 1.165) is 22.7 Å². The fourth-order valence-electron chi connectivity index (χ4n) is 2.10. The van der Waals surface area contributed by atoms with Gasteiger partial charge in [-0.15, -0.1) is 0 Å². The van der Waals surface area contributed by atoms with Crippen molar-refractivity contribution in [2.45, 2.75) is 6.42 Å². The minimum atomic E-state index is 0.144. The summed E-state index contributed by atoms with van der Waals surface area (Å²) >= 11 is 2.29. The fraction of sp³-hybridized carbons (Fsp3) is 0.188. The molecular weight excluding hydrogens is 383 g/mol. The Hall–Kier alpha value is -1.60. The standard InChI is InChI=1S/C16H15IN2O2/c17-13-5-6-16-18-15(11-19(16)10-13)12-3-1-4-14(9-12)21-8-2-7-20/h1,3-6,9-11,20H,2,7-8H2/i17+4. The molecule has 1 N–H and O–H groups in total. The Bertz CT molecular complexity index is 755. The van der Waals surface area contributed by atoms with Crippen LogP contribution in [0.4, 0.5) is 0 Å². The van der Waals surface area contributed by atoms with Crippen molar-refractivity contribution in [3.05, 3.63) is 52.4 Å². The number of nitrogens with zero attached hydrogens (tertiary/aromatic N) is 2. The van der Waals surface area contributed by atoms with Crippen LogP contribution in [0.1, 0.15) is 6.42 Å². The molecular formula is C16H15IN2O2. The monoisotopic (exact) mass is 398 g/mol. The number of aliphatic hydroxyl groups is 1. The van der Waals surface area contributed by atoms with Crippen LogP contribution < -0.4 is 4.74 Å². The smallest absolute Gasteiger partial charge is 0.137 e. The van der Waals surface area contributed by atoms with Crippen molar-refractivity contribution in [2.75, 3.05) is 13.2 Å². The van der Waals surface area contributed by atoms with E-state index in [-0.39, 0.29) is 6.61 Å². The number of ether oxygens (including phenoxy) is 1. The molecule has 0 amide bonds. The van der Waals surface area contributed by atoms with E-state index in [4.69, 9.17) is 9.84 Å². The second kappa shape index (κ2) is 6.44. The lowest BCUT2D eigenvalue weighted by Crippen LogP contribution is -1.99. The summed E-state index contributed by atoms with van der Waals surface area (Å²) in [5, 5.41) is 8.79. The van der Waals surface area contributed by atoms with E-state index < -0.39 is 0 Å². The van der Waals surface area contributed by atoms with Crippen LogP contribution >= 0.6 is 22.6 Å². The van der Waals surface area contributed by atoms with Gasteiger partial charge in [0.1, 0.15) is 11.4 Å². The number of aliphatic hydroxyl groups excluding tert-OH is 1. The van der Waals surface area contributed by atoms with Crippen LogP contribution in [0.3, 0.4) is 0 Å². The van der Waals surface area contributed by atoms with Crippen LogP contribution in [0.2, 0.25) is 0 Å². The lowest BCUT2D eigenvalue weighted by Gasteiger charge is -2.06. The number of hydrogen-bond donors (Lipinski definition) is 1. The summed E-state index contributed by atoms with van der Waals surface area (Å²) in [5.41, 5.74) is 2.87. The zero-order valence-electron chi connectivity index (χ0n) is 11.4. The third-order valence-electron chi connectivity index (χ3n) is 3.12. The summed E-state index contributed by atoms with van der Waals surface area (Å²) in [6.07, 6.45) is 4.70. The summed E-state index contributed by atoms with van der Waals surface area (Å²) < 4.78 is 8.80. The van der Waals surface area contributed by atoms with Gasteiger partial charge in [-0.1, -0.05) is 12.1 Å². The molecule has 3 rings (SSSR count). The number of hydrogen-bond acceptors (Lipinski definition) is 3. The molecule has 0 bridgehead atoms. The molecule has 0 aliphatic carbocycles. The third kappa shape index (κ3) is 3.36. The average Bonchev–Trinajstić information content (AvgIpc) is 2.91. The summed E-state index contributed by atoms with van der Waals surface area (Å²) in [5.74, 6) is 0.799. The zero-order valence-corrected chi connectivity index (χ0v) is 13.5. The van der Waals surface area contributed by atoms with Gasteiger partial charge in [-0.3, -0.25) is 0 Å². The van der Waals surface area contributed by atoms with Crippen molar-refractivity contribution in [1.82, 2.24) is 9.38 Å². The maximum atomic E-state index is 8.79. The molecule has 0 atom stereocenters. The van der Waals surface area contributed by atoms with Crippen LogP contribution in [-0.4, -0.2) is 27.7 Å². The highest BCUT2D eigenvalue weighted by Crippen LogP contribution is 2.24. The second-order valence-corrected chi connectivity index (χ2v) is 5.94. The Morgan fingerprint density at radius 1 is 1.19 bits per heavy atom. The van der Waals surface area contributed by atoms with E-state index in [9.17, 15) is 0 Å². The quantitative estimate of drug-likeness (QED) is 0.530. The molecule has 2 heterocycles. The highest BCUT2D eigenvalue weighted by atomic mass is 131. The first-order valence-corrected chi connectivity index (χ1v) is 7.82. The number of aromatic nitrogens is 2. The maximum Gasteiger partial charge on any atom is 0.137 e. The molecule has 2 aromatic heterocycles. The SMILES string of the molecule is OCCCOc1cccc(-c2cn3cc([131I])ccc3n2)c1. The van der Waals surface area contributed by atoms with Crippen LogP contribution in [0, 0.1) is 3.57 Å². The van der Waals surface area contributed by atoms with Gasteiger partial charge >= 0.3 is 0 Å². The average molecular weight is 398 g/mol. The number of fused-ring (bicyclic) bond motifs is 1. The number of benzene rings is 1. The van der Waals surface area contributed by atoms with Gasteiger partial charge in [0, 0.05) is 34.6 Å². The van der Waals surface area contributed by atoms with Crippen LogP contribution in [0.25, 0.3) is 16.9 Å². The van der Waals surface area contributed by atoms with E-state index >= 15 is 0 Å². The van der Waals surface area contributed by atoms with Gasteiger partial charge in [0.25, 0.3) is 0 Å². The Kier molecular flexibility index (Phi) is 4.40. The van der Waals surface area contributed by atoms with E-state index in [1.165, 1.54) is 3.57 Å². The van der Waals surface area contributed by atoms with Crippen molar-refractivity contribution >= 4 is 28.2 Å². The van der Waals surface area contributed by atoms with E-state index in [0.29, 0.717) is 13.0 Å². The molecule has 108 valence electrons. The summed E-state index contributed by atoms with van der Waals surface area (Å²) in [6.45, 7) is 0.661. The first kappa shape index (κ1) is 14.3. The van der Waals surface area contributed by atoms with Crippen molar-refractivity contribution in [2.24, 2.45) is 0 Å². The Morgan fingerprint density at radius 3 is 2.95 bits per heavy atom. The van der Waals surface area contributed by atoms with Crippen molar-refractivity contribution in [1.29, 1.82) is 0 Å². The second-order valence-electron chi connectivity index (χ2n) is 4.69. The minimum Gasteiger partial charge on any atom is -0.493 e. The van der Waals surface area contributed by atoms with Gasteiger partial charge in [0.15, 0.2) is 0 Å². The number of rotatable bonds is 5. The Labute approximate surface area is 136 Å². The van der Waals surface area contributed by atoms with Crippen molar-refractivity contribution in [3.8, 4) is 17.0 Å². The topological polar surface area (TPSA) is 46.8 Å². The first-order valence-electron chi connectivity index (χ1n) is 6.74. The summed E-state index contributed by atoms with van der Waals surface area (Å²) in [6, 6.07) is 11.9. The van der Waals surface area contributed by atoms with Gasteiger partial charge in [-0.25, -0.2) is 4.98 Å². The van der Waals surface area contributed by atoms with E-state index in [1.54, 1.807) is 0 Å². The largest absolute Gasteiger partial charge is 0.493 e. The number of pyridine rings is 1. The predicted octanol–water partition coefficient (Wildman–Crippen LogP) is 3.37. The summed E-state index contributed by atoms with van der Waals surface area (Å²) in [4.78, 5) is 4.63. The maximum absolute atomic E-state index is 8.79. The van der Waals surface area contributed by atoms with Crippen LogP contribution in [0.15, 0.2) is 48.8 Å². The van der Waals surface area contributed by atoms with Gasteiger partial charge in [0.05, 0.1) is 12.3 Å². The molecule has 3 aromatic rings. The molecule has 0 aliphatic rings. The number of imidazole rings is 1. The molecule has 21 heavy (non-hydrogen) atoms. The molecule has 0 saturated carbocycles. The molecule has 0 spiro atoms. The highest BCUT2D eigenvalue weighted by Gasteiger charge is 2.06. The van der Waals surface area contributed by atoms with Gasteiger partial charge < -0.3 is 14.2 Å². The van der Waals surface area contributed by atoms with Gasteiger partial charge in [-0.2, -0.15) is 0 Å². The number of halogens is 1. The molecule has 0 saturated heterocycles. The molecule has 1 aromatic carbocycles. The van der Waals surface area contributed by atoms with Gasteiger partial charge in [-0.05, 0) is 46.9 Å². The molecule has 0 unspecified atom stereocenters. The van der Waals surface area contributed by atoms with E-state index in [1.807, 2.05) is 53.2 Å². The zero-order chi connectivity index (χ0) is 14.7. The fourth-order valence-corrected chi connectivity index (χ4v) is 2.58. The highest BCUT2D eigenvalue weighted by molar-refractivity contribution is 14.1. The Balaban J connectivity index is 1.89. The molecule has 0 radical (unpaired) electrons. The third-order valence-corrected chi connectivity index (χ3v) is 3.75. The van der Waals surface area contributed by atoms with Crippen molar-refractivity contribution in [3.63, 3.8) is 0 Å². The molecule has 5 heteroatoms. The van der Waals surface area contributed by atoms with E-state index in [2.05, 4.69) is 27.6 Å². The first-order chi connectivity index (χ1) is 10.3.